The summed E-state index contributed by atoms with van der Waals surface area (Å²) in [4.78, 5) is 10.4. The van der Waals surface area contributed by atoms with Crippen LogP contribution in [0.1, 0.15) is 5.56 Å². The third-order valence-corrected chi connectivity index (χ3v) is 1.86. The molecule has 0 aliphatic heterocycles. The number of hydrogen-bond acceptors (Lipinski definition) is 3. The smallest absolute Gasteiger partial charge is 0.295 e. The zero-order valence-corrected chi connectivity index (χ0v) is 7.99. The first-order valence-electron chi connectivity index (χ1n) is 4.25. The molecular weight excluding hydrogens is 180 g/mol. The van der Waals surface area contributed by atoms with E-state index in [1.807, 2.05) is 0 Å². The molecule has 4 heteroatoms. The van der Waals surface area contributed by atoms with Gasteiger partial charge in [0, 0.05) is 12.1 Å². The van der Waals surface area contributed by atoms with Crippen molar-refractivity contribution in [1.82, 2.24) is 0 Å². The normalized spacial score (nSPS) is 9.50. The van der Waals surface area contributed by atoms with Gasteiger partial charge in [-0.15, -0.1) is 6.58 Å². The van der Waals surface area contributed by atoms with Crippen LogP contribution in [0.25, 0.3) is 0 Å². The molecule has 1 aromatic carbocycles. The topological polar surface area (TPSA) is 55.2 Å². The lowest BCUT2D eigenvalue weighted by atomic mass is 10.1. The highest BCUT2D eigenvalue weighted by Gasteiger charge is 2.15. The van der Waals surface area contributed by atoms with Crippen LogP contribution in [0.4, 0.5) is 11.4 Å². The quantitative estimate of drug-likeness (QED) is 0.453. The molecule has 0 aromatic heterocycles. The molecule has 74 valence electrons. The second-order valence-electron chi connectivity index (χ2n) is 2.90. The van der Waals surface area contributed by atoms with Crippen molar-refractivity contribution in [2.24, 2.45) is 0 Å². The number of rotatable bonds is 4. The number of nitro benzene ring substituents is 1. The Morgan fingerprint density at radius 3 is 2.93 bits per heavy atom. The molecule has 0 amide bonds. The molecule has 1 rings (SSSR count). The van der Waals surface area contributed by atoms with Gasteiger partial charge in [0.05, 0.1) is 4.92 Å². The van der Waals surface area contributed by atoms with Crippen molar-refractivity contribution >= 4 is 11.4 Å². The zero-order chi connectivity index (χ0) is 10.6. The first-order chi connectivity index (χ1) is 6.66. The largest absolute Gasteiger partial charge is 0.376 e. The van der Waals surface area contributed by atoms with Crippen LogP contribution >= 0.6 is 0 Å². The highest BCUT2D eigenvalue weighted by molar-refractivity contribution is 5.65. The Bertz CT molecular complexity index is 361. The van der Waals surface area contributed by atoms with Gasteiger partial charge in [-0.25, -0.2) is 0 Å². The van der Waals surface area contributed by atoms with E-state index in [-0.39, 0.29) is 10.6 Å². The molecule has 0 spiro atoms. The predicted octanol–water partition coefficient (Wildman–Crippen LogP) is 2.50. The van der Waals surface area contributed by atoms with Crippen molar-refractivity contribution in [2.75, 3.05) is 11.9 Å². The average Bonchev–Trinajstić information content (AvgIpc) is 2.14. The second-order valence-corrected chi connectivity index (χ2v) is 2.90. The van der Waals surface area contributed by atoms with Crippen LogP contribution in [0, 0.1) is 17.0 Å². The first-order valence-corrected chi connectivity index (χ1v) is 4.25. The lowest BCUT2D eigenvalue weighted by Crippen LogP contribution is -2.02. The molecule has 0 saturated heterocycles. The molecule has 0 aliphatic carbocycles. The summed E-state index contributed by atoms with van der Waals surface area (Å²) in [6, 6.07) is 5.19. The fourth-order valence-electron chi connectivity index (χ4n) is 1.23. The summed E-state index contributed by atoms with van der Waals surface area (Å²) >= 11 is 0. The SMILES string of the molecule is C=CCNc1cccc(C)c1[N+](=O)[O-]. The molecule has 0 unspecified atom stereocenters. The van der Waals surface area contributed by atoms with Crippen molar-refractivity contribution in [3.63, 3.8) is 0 Å². The van der Waals surface area contributed by atoms with E-state index in [1.54, 1.807) is 31.2 Å². The lowest BCUT2D eigenvalue weighted by Gasteiger charge is -2.05. The minimum absolute atomic E-state index is 0.134. The van der Waals surface area contributed by atoms with Gasteiger partial charge in [-0.2, -0.15) is 0 Å². The average molecular weight is 192 g/mol. The molecule has 0 bridgehead atoms. The number of nitrogens with zero attached hydrogens (tertiary/aromatic N) is 1. The highest BCUT2D eigenvalue weighted by atomic mass is 16.6. The Labute approximate surface area is 82.4 Å². The van der Waals surface area contributed by atoms with Gasteiger partial charge < -0.3 is 5.32 Å². The Hall–Kier alpha value is -1.84. The van der Waals surface area contributed by atoms with E-state index in [0.29, 0.717) is 17.8 Å². The van der Waals surface area contributed by atoms with E-state index in [2.05, 4.69) is 11.9 Å². The van der Waals surface area contributed by atoms with E-state index in [9.17, 15) is 10.1 Å². The van der Waals surface area contributed by atoms with Gasteiger partial charge in [0.25, 0.3) is 5.69 Å². The van der Waals surface area contributed by atoms with Crippen molar-refractivity contribution < 1.29 is 4.92 Å². The Morgan fingerprint density at radius 2 is 2.36 bits per heavy atom. The number of anilines is 1. The first kappa shape index (κ1) is 10.2. The summed E-state index contributed by atoms with van der Waals surface area (Å²) < 4.78 is 0. The number of aryl methyl sites for hydroxylation is 1. The predicted molar refractivity (Wildman–Crippen MR) is 56.5 cm³/mol. The number of para-hydroxylation sites is 1. The molecule has 0 fully saturated rings. The number of nitrogens with one attached hydrogen (secondary N) is 1. The van der Waals surface area contributed by atoms with Gasteiger partial charge in [0.2, 0.25) is 0 Å². The Balaban J connectivity index is 3.07. The van der Waals surface area contributed by atoms with E-state index >= 15 is 0 Å². The van der Waals surface area contributed by atoms with Crippen molar-refractivity contribution in [2.45, 2.75) is 6.92 Å². The summed E-state index contributed by atoms with van der Waals surface area (Å²) in [7, 11) is 0. The van der Waals surface area contributed by atoms with Gasteiger partial charge in [-0.3, -0.25) is 10.1 Å². The number of nitro groups is 1. The van der Waals surface area contributed by atoms with E-state index < -0.39 is 0 Å². The van der Waals surface area contributed by atoms with E-state index in [4.69, 9.17) is 0 Å². The van der Waals surface area contributed by atoms with Crippen LogP contribution in [0.2, 0.25) is 0 Å². The van der Waals surface area contributed by atoms with Gasteiger partial charge in [-0.1, -0.05) is 18.2 Å². The van der Waals surface area contributed by atoms with Crippen LogP contribution < -0.4 is 5.32 Å². The Kier molecular flexibility index (Phi) is 3.23. The molecule has 1 N–H and O–H groups in total. The number of hydrogen-bond donors (Lipinski definition) is 1. The minimum Gasteiger partial charge on any atom is -0.376 e. The van der Waals surface area contributed by atoms with Gasteiger partial charge in [-0.05, 0) is 13.0 Å². The minimum atomic E-state index is -0.374. The molecule has 0 heterocycles. The van der Waals surface area contributed by atoms with Crippen molar-refractivity contribution in [3.05, 3.63) is 46.5 Å². The monoisotopic (exact) mass is 192 g/mol. The molecule has 4 nitrogen and oxygen atoms in total. The molecule has 0 saturated carbocycles. The summed E-state index contributed by atoms with van der Waals surface area (Å²) in [5.74, 6) is 0. The second kappa shape index (κ2) is 4.41. The maximum absolute atomic E-state index is 10.7. The fourth-order valence-corrected chi connectivity index (χ4v) is 1.23. The van der Waals surface area contributed by atoms with Crippen LogP contribution in [-0.2, 0) is 0 Å². The summed E-state index contributed by atoms with van der Waals surface area (Å²) in [5, 5.41) is 13.7. The maximum atomic E-state index is 10.7. The fraction of sp³-hybridized carbons (Fsp3) is 0.200. The Morgan fingerprint density at radius 1 is 1.64 bits per heavy atom. The summed E-state index contributed by atoms with van der Waals surface area (Å²) in [5.41, 5.74) is 1.33. The number of benzene rings is 1. The van der Waals surface area contributed by atoms with Crippen molar-refractivity contribution in [3.8, 4) is 0 Å². The third kappa shape index (κ3) is 2.10. The molecule has 0 aliphatic rings. The van der Waals surface area contributed by atoms with E-state index in [1.165, 1.54) is 0 Å². The zero-order valence-electron chi connectivity index (χ0n) is 7.99. The van der Waals surface area contributed by atoms with Crippen LogP contribution in [0.5, 0.6) is 0 Å². The molecule has 14 heavy (non-hydrogen) atoms. The molecule has 1 aromatic rings. The molecular formula is C10H12N2O2. The maximum Gasteiger partial charge on any atom is 0.295 e. The standard InChI is InChI=1S/C10H12N2O2/c1-3-7-11-9-6-4-5-8(2)10(9)12(13)14/h3-6,11H,1,7H2,2H3. The van der Waals surface area contributed by atoms with E-state index in [0.717, 1.165) is 0 Å². The molecule has 0 radical (unpaired) electrons. The summed E-state index contributed by atoms with van der Waals surface area (Å²) in [6.07, 6.45) is 1.66. The van der Waals surface area contributed by atoms with Crippen LogP contribution in [0.15, 0.2) is 30.9 Å². The van der Waals surface area contributed by atoms with Crippen LogP contribution in [-0.4, -0.2) is 11.5 Å². The summed E-state index contributed by atoms with van der Waals surface area (Å²) in [6.45, 7) is 5.78. The van der Waals surface area contributed by atoms with Gasteiger partial charge in [0.1, 0.15) is 5.69 Å². The third-order valence-electron chi connectivity index (χ3n) is 1.86. The highest BCUT2D eigenvalue weighted by Crippen LogP contribution is 2.27. The molecule has 0 atom stereocenters. The van der Waals surface area contributed by atoms with Crippen molar-refractivity contribution in [1.29, 1.82) is 0 Å². The lowest BCUT2D eigenvalue weighted by molar-refractivity contribution is -0.384. The van der Waals surface area contributed by atoms with Gasteiger partial charge in [0.15, 0.2) is 0 Å². The van der Waals surface area contributed by atoms with Gasteiger partial charge >= 0.3 is 0 Å². The van der Waals surface area contributed by atoms with Crippen LogP contribution in [0.3, 0.4) is 0 Å².